The maximum Gasteiger partial charge on any atom is 0.326 e. The average molecular weight is 543 g/mol. The first-order valence-electron chi connectivity index (χ1n) is 11.8. The molecule has 0 bridgehead atoms. The van der Waals surface area contributed by atoms with Gasteiger partial charge in [-0.2, -0.15) is 12.6 Å². The first kappa shape index (κ1) is 31.7. The molecule has 4 unspecified atom stereocenters. The number of aliphatic imine (C=N–C) groups is 1. The van der Waals surface area contributed by atoms with E-state index in [1.807, 2.05) is 0 Å². The van der Waals surface area contributed by atoms with Crippen molar-refractivity contribution in [3.63, 3.8) is 0 Å². The highest BCUT2D eigenvalue weighted by Gasteiger charge is 2.30. The lowest BCUT2D eigenvalue weighted by Gasteiger charge is -2.25. The van der Waals surface area contributed by atoms with Crippen molar-refractivity contribution in [1.82, 2.24) is 25.9 Å². The summed E-state index contributed by atoms with van der Waals surface area (Å²) in [4.78, 5) is 60.9. The van der Waals surface area contributed by atoms with Crippen LogP contribution in [0.5, 0.6) is 0 Å². The van der Waals surface area contributed by atoms with E-state index in [4.69, 9.17) is 22.9 Å². The molecular weight excluding hydrogens is 504 g/mol. The fourth-order valence-electron chi connectivity index (χ4n) is 3.25. The molecule has 37 heavy (non-hydrogen) atoms. The molecule has 16 heteroatoms. The molecular formula is C21H38N10O5S. The Balaban J connectivity index is 3.04. The number of aliphatic carboxylic acids is 1. The summed E-state index contributed by atoms with van der Waals surface area (Å²) in [6, 6.07) is -4.35. The van der Waals surface area contributed by atoms with Gasteiger partial charge in [0.05, 0.1) is 12.4 Å². The summed E-state index contributed by atoms with van der Waals surface area (Å²) in [7, 11) is 0. The number of carbonyl (C=O) groups is 4. The molecule has 0 radical (unpaired) electrons. The molecule has 1 heterocycles. The van der Waals surface area contributed by atoms with Crippen molar-refractivity contribution in [1.29, 1.82) is 0 Å². The fraction of sp³-hybridized carbons (Fsp3) is 0.619. The monoisotopic (exact) mass is 542 g/mol. The third-order valence-electron chi connectivity index (χ3n) is 5.29. The number of aromatic nitrogens is 2. The molecule has 0 spiro atoms. The molecule has 0 aliphatic carbocycles. The fourth-order valence-corrected chi connectivity index (χ4v) is 3.42. The lowest BCUT2D eigenvalue weighted by molar-refractivity contribution is -0.142. The summed E-state index contributed by atoms with van der Waals surface area (Å²) in [6.07, 6.45) is 4.64. The van der Waals surface area contributed by atoms with Crippen LogP contribution < -0.4 is 38.9 Å². The van der Waals surface area contributed by atoms with Crippen molar-refractivity contribution < 1.29 is 24.3 Å². The molecule has 3 amide bonds. The Morgan fingerprint density at radius 3 is 2.19 bits per heavy atom. The highest BCUT2D eigenvalue weighted by Crippen LogP contribution is 2.06. The van der Waals surface area contributed by atoms with E-state index in [2.05, 4.69) is 43.5 Å². The van der Waals surface area contributed by atoms with E-state index in [1.54, 1.807) is 0 Å². The van der Waals surface area contributed by atoms with Crippen molar-refractivity contribution in [3.05, 3.63) is 18.2 Å². The van der Waals surface area contributed by atoms with Gasteiger partial charge in [0.1, 0.15) is 18.1 Å². The number of carbonyl (C=O) groups excluding carboxylic acids is 3. The highest BCUT2D eigenvalue weighted by molar-refractivity contribution is 7.80. The predicted octanol–water partition coefficient (Wildman–Crippen LogP) is -3.07. The van der Waals surface area contributed by atoms with Crippen molar-refractivity contribution in [2.45, 2.75) is 62.7 Å². The molecule has 1 aromatic rings. The molecule has 15 nitrogen and oxygen atoms in total. The predicted molar refractivity (Wildman–Crippen MR) is 140 cm³/mol. The van der Waals surface area contributed by atoms with E-state index in [0.29, 0.717) is 31.5 Å². The number of imidazole rings is 1. The number of nitrogens with two attached hydrogens (primary N) is 4. The minimum absolute atomic E-state index is 0.00245. The number of aromatic amines is 1. The topological polar surface area (TPSA) is 270 Å². The molecule has 208 valence electrons. The van der Waals surface area contributed by atoms with Crippen molar-refractivity contribution in [2.75, 3.05) is 18.8 Å². The highest BCUT2D eigenvalue weighted by atomic mass is 32.1. The first-order valence-corrected chi connectivity index (χ1v) is 12.4. The lowest BCUT2D eigenvalue weighted by Crippen LogP contribution is -2.57. The molecule has 4 atom stereocenters. The number of nitrogens with one attached hydrogen (secondary N) is 4. The number of rotatable bonds is 18. The Bertz CT molecular complexity index is 894. The van der Waals surface area contributed by atoms with Crippen LogP contribution in [0.2, 0.25) is 0 Å². The maximum absolute atomic E-state index is 13.2. The third kappa shape index (κ3) is 12.4. The zero-order valence-corrected chi connectivity index (χ0v) is 21.5. The molecule has 0 fully saturated rings. The molecule has 1 aromatic heterocycles. The largest absolute Gasteiger partial charge is 0.480 e. The van der Waals surface area contributed by atoms with Crippen LogP contribution >= 0.6 is 12.6 Å². The number of hydrogen-bond acceptors (Lipinski definition) is 9. The second kappa shape index (κ2) is 17.1. The number of thiol groups is 1. The Hall–Kier alpha value is -3.37. The van der Waals surface area contributed by atoms with Gasteiger partial charge in [0.2, 0.25) is 17.7 Å². The van der Waals surface area contributed by atoms with E-state index >= 15 is 0 Å². The van der Waals surface area contributed by atoms with Gasteiger partial charge < -0.3 is 49.0 Å². The quantitative estimate of drug-likeness (QED) is 0.0387. The number of carboxylic acids is 1. The summed E-state index contributed by atoms with van der Waals surface area (Å²) in [5.74, 6) is -3.24. The van der Waals surface area contributed by atoms with E-state index < -0.39 is 47.9 Å². The molecule has 0 saturated carbocycles. The number of unbranched alkanes of at least 4 members (excludes halogenated alkanes) is 1. The van der Waals surface area contributed by atoms with E-state index in [9.17, 15) is 24.3 Å². The number of guanidine groups is 1. The molecule has 0 saturated heterocycles. The number of carboxylic acid groups (broad SMARTS) is 1. The van der Waals surface area contributed by atoms with Crippen LogP contribution in [0.3, 0.4) is 0 Å². The van der Waals surface area contributed by atoms with Gasteiger partial charge in [-0.15, -0.1) is 0 Å². The van der Waals surface area contributed by atoms with Crippen molar-refractivity contribution >= 4 is 42.3 Å². The zero-order valence-electron chi connectivity index (χ0n) is 20.6. The van der Waals surface area contributed by atoms with Crippen LogP contribution in [0.25, 0.3) is 0 Å². The number of amides is 3. The molecule has 0 aromatic carbocycles. The van der Waals surface area contributed by atoms with Crippen molar-refractivity contribution in [3.8, 4) is 0 Å². The Labute approximate surface area is 220 Å². The van der Waals surface area contributed by atoms with Crippen LogP contribution in [-0.4, -0.2) is 87.7 Å². The first-order chi connectivity index (χ1) is 17.6. The van der Waals surface area contributed by atoms with E-state index in [-0.39, 0.29) is 37.5 Å². The SMILES string of the molecule is NCCCCC(NC(=O)C(Cc1cnc[nH]1)NC(=O)C(CCCN=C(N)N)NC(=O)C(N)CS)C(=O)O. The van der Waals surface area contributed by atoms with Gasteiger partial charge in [0.25, 0.3) is 0 Å². The summed E-state index contributed by atoms with van der Waals surface area (Å²) in [6.45, 7) is 0.605. The van der Waals surface area contributed by atoms with Gasteiger partial charge in [-0.05, 0) is 38.6 Å². The van der Waals surface area contributed by atoms with Crippen LogP contribution in [0.4, 0.5) is 0 Å². The van der Waals surface area contributed by atoms with Crippen LogP contribution in [0, 0.1) is 0 Å². The zero-order chi connectivity index (χ0) is 27.8. The second-order valence-electron chi connectivity index (χ2n) is 8.33. The summed E-state index contributed by atoms with van der Waals surface area (Å²) in [5, 5.41) is 17.2. The average Bonchev–Trinajstić information content (AvgIpc) is 3.37. The van der Waals surface area contributed by atoms with Crippen LogP contribution in [-0.2, 0) is 25.6 Å². The molecule has 1 rings (SSSR count). The van der Waals surface area contributed by atoms with Gasteiger partial charge >= 0.3 is 5.97 Å². The van der Waals surface area contributed by atoms with Gasteiger partial charge in [0.15, 0.2) is 5.96 Å². The maximum atomic E-state index is 13.2. The van der Waals surface area contributed by atoms with E-state index in [1.165, 1.54) is 12.5 Å². The summed E-state index contributed by atoms with van der Waals surface area (Å²) < 4.78 is 0. The number of hydrogen-bond donors (Lipinski definition) is 10. The number of H-pyrrole nitrogens is 1. The Morgan fingerprint density at radius 2 is 1.62 bits per heavy atom. The second-order valence-corrected chi connectivity index (χ2v) is 8.69. The Kier molecular flexibility index (Phi) is 14.7. The smallest absolute Gasteiger partial charge is 0.326 e. The van der Waals surface area contributed by atoms with Crippen LogP contribution in [0.15, 0.2) is 17.5 Å². The summed E-state index contributed by atoms with van der Waals surface area (Å²) in [5.41, 5.74) is 22.4. The Morgan fingerprint density at radius 1 is 1.00 bits per heavy atom. The van der Waals surface area contributed by atoms with Gasteiger partial charge in [-0.1, -0.05) is 0 Å². The lowest BCUT2D eigenvalue weighted by atomic mass is 10.1. The number of nitrogens with zero attached hydrogens (tertiary/aromatic N) is 2. The van der Waals surface area contributed by atoms with Gasteiger partial charge in [-0.3, -0.25) is 19.4 Å². The normalized spacial score (nSPS) is 14.0. The molecule has 0 aliphatic heterocycles. The van der Waals surface area contributed by atoms with E-state index in [0.717, 1.165) is 0 Å². The molecule has 0 aliphatic rings. The minimum atomic E-state index is -1.21. The third-order valence-corrected chi connectivity index (χ3v) is 5.68. The standard InChI is InChI=1S/C21H38N10O5S/c22-6-2-1-4-15(20(35)36)30-19(34)16(8-12-9-26-11-28-12)31-18(33)14(5-3-7-27-21(24)25)29-17(32)13(23)10-37/h9,11,13-16,37H,1-8,10,22-23H2,(H,26,28)(H,29,32)(H,30,34)(H,31,33)(H,35,36)(H4,24,25,27). The minimum Gasteiger partial charge on any atom is -0.480 e. The van der Waals surface area contributed by atoms with Gasteiger partial charge in [0, 0.05) is 30.6 Å². The van der Waals surface area contributed by atoms with Crippen molar-refractivity contribution in [2.24, 2.45) is 27.9 Å². The van der Waals surface area contributed by atoms with Crippen LogP contribution in [0.1, 0.15) is 37.8 Å². The van der Waals surface area contributed by atoms with Gasteiger partial charge in [-0.25, -0.2) is 9.78 Å². The molecule has 13 N–H and O–H groups in total. The summed E-state index contributed by atoms with van der Waals surface area (Å²) >= 11 is 4.00.